The standard InChI is InChI=1S/C20H20O12/c21-10-3-1-8(2-4-10)19(28)32-17-16(26)15(25)13(31-20(17)29)7-30-18(27)9-5-11(22)14(24)12(23)6-9/h1-6,13,15-17,20-26,29H,7H2. The minimum absolute atomic E-state index is 0.00754. The number of aliphatic hydroxyl groups excluding tert-OH is 3. The van der Waals surface area contributed by atoms with Crippen LogP contribution >= 0.6 is 0 Å². The lowest BCUT2D eigenvalue weighted by molar-refractivity contribution is -0.285. The molecule has 1 heterocycles. The molecule has 172 valence electrons. The van der Waals surface area contributed by atoms with Crippen LogP contribution in [0.4, 0.5) is 0 Å². The van der Waals surface area contributed by atoms with Crippen LogP contribution in [0.2, 0.25) is 0 Å². The number of carbonyl (C=O) groups excluding carboxylic acids is 2. The van der Waals surface area contributed by atoms with Gasteiger partial charge < -0.3 is 50.0 Å². The van der Waals surface area contributed by atoms with E-state index in [9.17, 15) is 45.3 Å². The Bertz CT molecular complexity index is 966. The molecule has 0 amide bonds. The van der Waals surface area contributed by atoms with E-state index in [-0.39, 0.29) is 16.9 Å². The Morgan fingerprint density at radius 3 is 2.03 bits per heavy atom. The molecule has 32 heavy (non-hydrogen) atoms. The maximum absolute atomic E-state index is 12.2. The van der Waals surface area contributed by atoms with Crippen molar-refractivity contribution < 1.29 is 59.5 Å². The Hall–Kier alpha value is -3.58. The number of esters is 2. The van der Waals surface area contributed by atoms with E-state index < -0.39 is 66.5 Å². The second-order valence-electron chi connectivity index (χ2n) is 6.92. The third-order valence-electron chi connectivity index (χ3n) is 4.69. The van der Waals surface area contributed by atoms with Crippen molar-refractivity contribution >= 4 is 11.9 Å². The molecule has 0 radical (unpaired) electrons. The number of rotatable bonds is 5. The van der Waals surface area contributed by atoms with Gasteiger partial charge in [-0.2, -0.15) is 0 Å². The quantitative estimate of drug-likeness (QED) is 0.223. The highest BCUT2D eigenvalue weighted by atomic mass is 16.7. The van der Waals surface area contributed by atoms with E-state index in [4.69, 9.17) is 14.2 Å². The summed E-state index contributed by atoms with van der Waals surface area (Å²) in [5, 5.41) is 68.1. The first-order valence-corrected chi connectivity index (χ1v) is 9.20. The number of phenols is 4. The zero-order chi connectivity index (χ0) is 23.6. The van der Waals surface area contributed by atoms with Crippen molar-refractivity contribution in [2.24, 2.45) is 0 Å². The topological polar surface area (TPSA) is 203 Å². The third-order valence-corrected chi connectivity index (χ3v) is 4.69. The summed E-state index contributed by atoms with van der Waals surface area (Å²) in [6, 6.07) is 6.62. The van der Waals surface area contributed by atoms with Gasteiger partial charge in [-0.15, -0.1) is 0 Å². The van der Waals surface area contributed by atoms with Crippen LogP contribution in [0.1, 0.15) is 20.7 Å². The Morgan fingerprint density at radius 1 is 0.844 bits per heavy atom. The van der Waals surface area contributed by atoms with Gasteiger partial charge in [-0.05, 0) is 36.4 Å². The monoisotopic (exact) mass is 452 g/mol. The summed E-state index contributed by atoms with van der Waals surface area (Å²) in [7, 11) is 0. The number of aromatic hydroxyl groups is 4. The third kappa shape index (κ3) is 4.84. The van der Waals surface area contributed by atoms with Gasteiger partial charge in [0.05, 0.1) is 11.1 Å². The number of benzene rings is 2. The van der Waals surface area contributed by atoms with Gasteiger partial charge in [0.15, 0.2) is 29.6 Å². The second-order valence-corrected chi connectivity index (χ2v) is 6.92. The number of hydrogen-bond donors (Lipinski definition) is 7. The SMILES string of the molecule is O=C(OCC1OC(O)C(OC(=O)c2ccc(O)cc2)C(O)C1O)c1cc(O)c(O)c(O)c1. The van der Waals surface area contributed by atoms with E-state index in [1.54, 1.807) is 0 Å². The number of aliphatic hydroxyl groups is 3. The van der Waals surface area contributed by atoms with Crippen LogP contribution in [0.25, 0.3) is 0 Å². The molecule has 1 aliphatic heterocycles. The smallest absolute Gasteiger partial charge is 0.338 e. The van der Waals surface area contributed by atoms with Crippen LogP contribution in [0, 0.1) is 0 Å². The fourth-order valence-electron chi connectivity index (χ4n) is 2.94. The summed E-state index contributed by atoms with van der Waals surface area (Å²) in [6.07, 6.45) is -8.48. The van der Waals surface area contributed by atoms with Crippen molar-refractivity contribution in [1.29, 1.82) is 0 Å². The molecule has 1 saturated heterocycles. The van der Waals surface area contributed by atoms with Gasteiger partial charge in [0, 0.05) is 0 Å². The molecule has 12 nitrogen and oxygen atoms in total. The molecule has 0 spiro atoms. The molecule has 1 fully saturated rings. The Morgan fingerprint density at radius 2 is 1.44 bits per heavy atom. The van der Waals surface area contributed by atoms with E-state index >= 15 is 0 Å². The first kappa shape index (κ1) is 23.1. The van der Waals surface area contributed by atoms with Crippen LogP contribution in [-0.2, 0) is 14.2 Å². The molecule has 0 aliphatic carbocycles. The molecule has 0 saturated carbocycles. The predicted molar refractivity (Wildman–Crippen MR) is 102 cm³/mol. The minimum Gasteiger partial charge on any atom is -0.508 e. The molecule has 0 aromatic heterocycles. The predicted octanol–water partition coefficient (Wildman–Crippen LogP) is -0.670. The van der Waals surface area contributed by atoms with E-state index in [1.165, 1.54) is 24.3 Å². The molecular weight excluding hydrogens is 432 g/mol. The highest BCUT2D eigenvalue weighted by Gasteiger charge is 2.46. The Balaban J connectivity index is 1.61. The highest BCUT2D eigenvalue weighted by Crippen LogP contribution is 2.35. The number of phenolic OH excluding ortho intramolecular Hbond substituents is 4. The summed E-state index contributed by atoms with van der Waals surface area (Å²) >= 11 is 0. The largest absolute Gasteiger partial charge is 0.508 e. The summed E-state index contributed by atoms with van der Waals surface area (Å²) in [5.41, 5.74) is -0.321. The molecule has 3 rings (SSSR count). The van der Waals surface area contributed by atoms with Gasteiger partial charge in [0.2, 0.25) is 0 Å². The maximum Gasteiger partial charge on any atom is 0.338 e. The zero-order valence-electron chi connectivity index (χ0n) is 16.2. The van der Waals surface area contributed by atoms with Gasteiger partial charge in [-0.1, -0.05) is 0 Å². The van der Waals surface area contributed by atoms with Gasteiger partial charge in [0.1, 0.15) is 30.7 Å². The lowest BCUT2D eigenvalue weighted by atomic mass is 9.99. The van der Waals surface area contributed by atoms with Crippen LogP contribution in [0.15, 0.2) is 36.4 Å². The maximum atomic E-state index is 12.2. The Kier molecular flexibility index (Phi) is 6.69. The number of carbonyl (C=O) groups is 2. The molecule has 2 aromatic carbocycles. The van der Waals surface area contributed by atoms with Gasteiger partial charge in [-0.25, -0.2) is 9.59 Å². The average molecular weight is 452 g/mol. The minimum atomic E-state index is -1.88. The van der Waals surface area contributed by atoms with Crippen molar-refractivity contribution in [1.82, 2.24) is 0 Å². The Labute approximate surface area is 180 Å². The lowest BCUT2D eigenvalue weighted by Gasteiger charge is -2.39. The summed E-state index contributed by atoms with van der Waals surface area (Å²) in [6.45, 7) is -0.658. The molecule has 12 heteroatoms. The molecular formula is C20H20O12. The zero-order valence-corrected chi connectivity index (χ0v) is 16.2. The first-order chi connectivity index (χ1) is 15.1. The average Bonchev–Trinajstić information content (AvgIpc) is 2.76. The van der Waals surface area contributed by atoms with Crippen molar-refractivity contribution in [3.8, 4) is 23.0 Å². The molecule has 5 atom stereocenters. The molecule has 2 aromatic rings. The molecule has 7 N–H and O–H groups in total. The normalized spacial score (nSPS) is 25.2. The van der Waals surface area contributed by atoms with Gasteiger partial charge >= 0.3 is 11.9 Å². The number of ether oxygens (including phenoxy) is 3. The van der Waals surface area contributed by atoms with Crippen LogP contribution in [0.3, 0.4) is 0 Å². The summed E-state index contributed by atoms with van der Waals surface area (Å²) in [4.78, 5) is 24.3. The van der Waals surface area contributed by atoms with Crippen molar-refractivity contribution in [3.63, 3.8) is 0 Å². The molecule has 1 aliphatic rings. The molecule has 5 unspecified atom stereocenters. The fraction of sp³-hybridized carbons (Fsp3) is 0.300. The van der Waals surface area contributed by atoms with E-state index in [1.807, 2.05) is 0 Å². The second kappa shape index (κ2) is 9.28. The van der Waals surface area contributed by atoms with Crippen LogP contribution in [0.5, 0.6) is 23.0 Å². The van der Waals surface area contributed by atoms with E-state index in [0.717, 1.165) is 12.1 Å². The van der Waals surface area contributed by atoms with Crippen molar-refractivity contribution in [2.45, 2.75) is 30.7 Å². The van der Waals surface area contributed by atoms with Crippen LogP contribution < -0.4 is 0 Å². The van der Waals surface area contributed by atoms with Gasteiger partial charge in [0.25, 0.3) is 0 Å². The lowest BCUT2D eigenvalue weighted by Crippen LogP contribution is -2.60. The summed E-state index contributed by atoms with van der Waals surface area (Å²) in [5.74, 6) is -4.48. The van der Waals surface area contributed by atoms with Crippen LogP contribution in [-0.4, -0.2) is 85.0 Å². The highest BCUT2D eigenvalue weighted by molar-refractivity contribution is 5.91. The van der Waals surface area contributed by atoms with E-state index in [0.29, 0.717) is 0 Å². The first-order valence-electron chi connectivity index (χ1n) is 9.20. The van der Waals surface area contributed by atoms with Crippen molar-refractivity contribution in [3.05, 3.63) is 47.5 Å². The van der Waals surface area contributed by atoms with Crippen molar-refractivity contribution in [2.75, 3.05) is 6.61 Å². The number of hydrogen-bond acceptors (Lipinski definition) is 12. The summed E-state index contributed by atoms with van der Waals surface area (Å²) < 4.78 is 15.0. The van der Waals surface area contributed by atoms with E-state index in [2.05, 4.69) is 0 Å². The fourth-order valence-corrected chi connectivity index (χ4v) is 2.94. The van der Waals surface area contributed by atoms with Gasteiger partial charge in [-0.3, -0.25) is 0 Å². The molecule has 0 bridgehead atoms.